The van der Waals surface area contributed by atoms with Gasteiger partial charge >= 0.3 is 6.17 Å². The fraction of sp³-hybridized carbons (Fsp3) is 0.0714. The quantitative estimate of drug-likeness (QED) is 0.361. The maximum Gasteiger partial charge on any atom is 0.383 e. The fourth-order valence-corrected chi connectivity index (χ4v) is 1.56. The van der Waals surface area contributed by atoms with E-state index in [-0.39, 0.29) is 5.56 Å². The highest BCUT2D eigenvalue weighted by molar-refractivity contribution is 5.99. The van der Waals surface area contributed by atoms with Gasteiger partial charge in [0.15, 0.2) is 0 Å². The van der Waals surface area contributed by atoms with E-state index in [2.05, 4.69) is 10.2 Å². The van der Waals surface area contributed by atoms with Crippen molar-refractivity contribution >= 4 is 11.5 Å². The highest BCUT2D eigenvalue weighted by Gasteiger charge is 2.30. The molecule has 0 saturated heterocycles. The summed E-state index contributed by atoms with van der Waals surface area (Å²) in [4.78, 5) is 22.2. The van der Waals surface area contributed by atoms with Crippen molar-refractivity contribution in [1.82, 2.24) is 0 Å². The van der Waals surface area contributed by atoms with E-state index >= 15 is 0 Å². The monoisotopic (exact) mass is 269 g/mol. The first-order valence-corrected chi connectivity index (χ1v) is 5.87. The molecule has 0 saturated carbocycles. The van der Waals surface area contributed by atoms with Crippen LogP contribution in [-0.4, -0.2) is 16.9 Å². The molecule has 6 nitrogen and oxygen atoms in total. The van der Waals surface area contributed by atoms with Crippen LogP contribution in [0.15, 0.2) is 70.9 Å². The summed E-state index contributed by atoms with van der Waals surface area (Å²) in [6.45, 7) is 0. The van der Waals surface area contributed by atoms with Gasteiger partial charge in [-0.15, -0.1) is 10.2 Å². The predicted molar refractivity (Wildman–Crippen MR) is 72.5 cm³/mol. The van der Waals surface area contributed by atoms with Gasteiger partial charge in [0.25, 0.3) is 5.78 Å². The Balaban J connectivity index is 2.22. The molecule has 0 spiro atoms. The molecule has 2 rings (SSSR count). The van der Waals surface area contributed by atoms with Crippen LogP contribution in [0.5, 0.6) is 0 Å². The van der Waals surface area contributed by atoms with E-state index in [0.29, 0.717) is 5.69 Å². The van der Waals surface area contributed by atoms with Crippen LogP contribution >= 0.6 is 0 Å². The van der Waals surface area contributed by atoms with Gasteiger partial charge in [0, 0.05) is 5.56 Å². The standard InChI is InChI=1S/C14H11N3O3/c18-13(11-7-3-1-4-8-11)14(17(19)20)16-15-12-9-5-2-6-10-12/h1-10,14H. The second kappa shape index (κ2) is 6.33. The Bertz CT molecular complexity index is 627. The van der Waals surface area contributed by atoms with Gasteiger partial charge in [-0.25, -0.2) is 0 Å². The van der Waals surface area contributed by atoms with Crippen molar-refractivity contribution in [2.75, 3.05) is 0 Å². The number of nitro groups is 1. The molecule has 0 radical (unpaired) electrons. The number of Topliss-reactive ketones (excluding diaryl/α,β-unsaturated/α-hetero) is 1. The summed E-state index contributed by atoms with van der Waals surface area (Å²) in [6, 6.07) is 16.6. The van der Waals surface area contributed by atoms with Gasteiger partial charge in [-0.05, 0) is 12.1 Å². The van der Waals surface area contributed by atoms with Crippen LogP contribution in [0.3, 0.4) is 0 Å². The van der Waals surface area contributed by atoms with E-state index in [1.165, 1.54) is 12.1 Å². The van der Waals surface area contributed by atoms with E-state index in [0.717, 1.165) is 0 Å². The smallest absolute Gasteiger partial charge is 0.284 e. The summed E-state index contributed by atoms with van der Waals surface area (Å²) in [7, 11) is 0. The van der Waals surface area contributed by atoms with Gasteiger partial charge in [0.2, 0.25) is 0 Å². The number of ketones is 1. The van der Waals surface area contributed by atoms with Crippen LogP contribution in [0.25, 0.3) is 0 Å². The first kappa shape index (κ1) is 13.5. The summed E-state index contributed by atoms with van der Waals surface area (Å²) in [5.74, 6) is -0.685. The third-order valence-electron chi connectivity index (χ3n) is 2.53. The minimum Gasteiger partial charge on any atom is -0.284 e. The number of hydrogen-bond donors (Lipinski definition) is 0. The summed E-state index contributed by atoms with van der Waals surface area (Å²) in [6.07, 6.45) is -1.72. The van der Waals surface area contributed by atoms with Crippen LogP contribution in [0, 0.1) is 10.1 Å². The molecule has 1 unspecified atom stereocenters. The maximum atomic E-state index is 12.0. The molecule has 6 heteroatoms. The highest BCUT2D eigenvalue weighted by Crippen LogP contribution is 2.13. The SMILES string of the molecule is O=C(c1ccccc1)C(N=Nc1ccccc1)[N+](=O)[O-]. The average molecular weight is 269 g/mol. The molecule has 100 valence electrons. The van der Waals surface area contributed by atoms with Crippen LogP contribution in [-0.2, 0) is 0 Å². The summed E-state index contributed by atoms with van der Waals surface area (Å²) in [5.41, 5.74) is 0.696. The molecule has 0 fully saturated rings. The molecule has 0 N–H and O–H groups in total. The number of azo groups is 1. The van der Waals surface area contributed by atoms with E-state index in [1.807, 2.05) is 0 Å². The summed E-state index contributed by atoms with van der Waals surface area (Å²) < 4.78 is 0. The molecule has 2 aromatic carbocycles. The lowest BCUT2D eigenvalue weighted by molar-refractivity contribution is -0.504. The Morgan fingerprint density at radius 3 is 2.10 bits per heavy atom. The molecule has 0 amide bonds. The Morgan fingerprint density at radius 2 is 1.55 bits per heavy atom. The van der Waals surface area contributed by atoms with Gasteiger partial charge in [0.1, 0.15) is 0 Å². The zero-order valence-electron chi connectivity index (χ0n) is 10.4. The molecular weight excluding hydrogens is 258 g/mol. The van der Waals surface area contributed by atoms with Crippen molar-refractivity contribution in [3.63, 3.8) is 0 Å². The number of hydrogen-bond acceptors (Lipinski definition) is 5. The van der Waals surface area contributed by atoms with Gasteiger partial charge in [-0.1, -0.05) is 48.5 Å². The van der Waals surface area contributed by atoms with Crippen LogP contribution < -0.4 is 0 Å². The normalized spacial score (nSPS) is 12.2. The molecule has 1 atom stereocenters. The van der Waals surface area contributed by atoms with Gasteiger partial charge in [-0.3, -0.25) is 14.9 Å². The zero-order valence-corrected chi connectivity index (χ0v) is 10.4. The number of nitrogens with zero attached hydrogens (tertiary/aromatic N) is 3. The molecule has 0 aromatic heterocycles. The molecule has 0 aliphatic rings. The maximum absolute atomic E-state index is 12.0. The van der Waals surface area contributed by atoms with Crippen molar-refractivity contribution < 1.29 is 9.72 Å². The van der Waals surface area contributed by atoms with Crippen LogP contribution in [0.2, 0.25) is 0 Å². The van der Waals surface area contributed by atoms with Gasteiger partial charge in [0.05, 0.1) is 10.6 Å². The lowest BCUT2D eigenvalue weighted by atomic mass is 10.1. The minimum atomic E-state index is -1.72. The third-order valence-corrected chi connectivity index (χ3v) is 2.53. The van der Waals surface area contributed by atoms with E-state index < -0.39 is 16.9 Å². The molecule has 0 aliphatic heterocycles. The van der Waals surface area contributed by atoms with Crippen molar-refractivity contribution in [1.29, 1.82) is 0 Å². The third kappa shape index (κ3) is 3.32. The Hall–Kier alpha value is -2.89. The zero-order chi connectivity index (χ0) is 14.4. The number of carbonyl (C=O) groups excluding carboxylic acids is 1. The Kier molecular flexibility index (Phi) is 4.28. The largest absolute Gasteiger partial charge is 0.383 e. The molecule has 0 aliphatic carbocycles. The molecule has 0 heterocycles. The number of carbonyl (C=O) groups is 1. The highest BCUT2D eigenvalue weighted by atomic mass is 16.6. The van der Waals surface area contributed by atoms with Crippen molar-refractivity contribution in [3.8, 4) is 0 Å². The molecule has 0 bridgehead atoms. The summed E-state index contributed by atoms with van der Waals surface area (Å²) >= 11 is 0. The van der Waals surface area contributed by atoms with Crippen molar-refractivity contribution in [2.24, 2.45) is 10.2 Å². The summed E-state index contributed by atoms with van der Waals surface area (Å²) in [5, 5.41) is 18.2. The van der Waals surface area contributed by atoms with Crippen molar-refractivity contribution in [3.05, 3.63) is 76.3 Å². The Labute approximate surface area is 114 Å². The lowest BCUT2D eigenvalue weighted by Crippen LogP contribution is -2.27. The average Bonchev–Trinajstić information content (AvgIpc) is 2.49. The van der Waals surface area contributed by atoms with Crippen LogP contribution in [0.4, 0.5) is 5.69 Å². The Morgan fingerprint density at radius 1 is 1.00 bits per heavy atom. The topological polar surface area (TPSA) is 84.9 Å². The van der Waals surface area contributed by atoms with Gasteiger partial charge in [-0.2, -0.15) is 0 Å². The first-order chi connectivity index (χ1) is 9.68. The second-order valence-corrected chi connectivity index (χ2v) is 3.94. The number of rotatable bonds is 5. The molecular formula is C14H11N3O3. The van der Waals surface area contributed by atoms with E-state index in [1.54, 1.807) is 48.5 Å². The van der Waals surface area contributed by atoms with Crippen molar-refractivity contribution in [2.45, 2.75) is 6.17 Å². The second-order valence-electron chi connectivity index (χ2n) is 3.94. The predicted octanol–water partition coefficient (Wildman–Crippen LogP) is 3.26. The van der Waals surface area contributed by atoms with Crippen LogP contribution in [0.1, 0.15) is 10.4 Å². The lowest BCUT2D eigenvalue weighted by Gasteiger charge is -2.02. The van der Waals surface area contributed by atoms with E-state index in [9.17, 15) is 14.9 Å². The first-order valence-electron chi connectivity index (χ1n) is 5.87. The van der Waals surface area contributed by atoms with E-state index in [4.69, 9.17) is 0 Å². The number of benzene rings is 2. The fourth-order valence-electron chi connectivity index (χ4n) is 1.56. The minimum absolute atomic E-state index is 0.237. The van der Waals surface area contributed by atoms with Gasteiger partial charge < -0.3 is 0 Å². The molecule has 2 aromatic rings. The molecule has 20 heavy (non-hydrogen) atoms.